The van der Waals surface area contributed by atoms with Crippen LogP contribution in [0.5, 0.6) is 0 Å². The Morgan fingerprint density at radius 1 is 0.511 bits per heavy atom. The Hall–Kier alpha value is 7.02. The Kier molecular flexibility index (Phi) is 86.4. The van der Waals surface area contributed by atoms with Crippen LogP contribution >= 0.6 is 299 Å². The van der Waals surface area contributed by atoms with Crippen molar-refractivity contribution in [1.29, 1.82) is 0 Å². The van der Waals surface area contributed by atoms with Gasteiger partial charge in [0.1, 0.15) is 18.0 Å². The van der Waals surface area contributed by atoms with Gasteiger partial charge >= 0.3 is 0 Å². The fraction of sp³-hybridized carbons (Fsp3) is 0.789. The summed E-state index contributed by atoms with van der Waals surface area (Å²) in [6.07, 6.45) is 0. The third-order valence-electron chi connectivity index (χ3n) is 2.08. The highest BCUT2D eigenvalue weighted by molar-refractivity contribution is 6.86. The zero-order valence-corrected chi connectivity index (χ0v) is 40.7. The minimum absolute atomic E-state index is 0. The Bertz CT molecular complexity index is 547. The van der Waals surface area contributed by atoms with E-state index < -0.39 is 17.8 Å². The van der Waals surface area contributed by atoms with Crippen molar-refractivity contribution in [1.82, 2.24) is 0 Å². The van der Waals surface area contributed by atoms with Gasteiger partial charge in [-0.1, -0.05) is 130 Å². The minimum atomic E-state index is -1.22. The maximum absolute atomic E-state index is 5.43. The topological polar surface area (TPSA) is 0 Å². The van der Waals surface area contributed by atoms with E-state index in [4.69, 9.17) is 255 Å². The summed E-state index contributed by atoms with van der Waals surface area (Å²) in [5.41, 5.74) is 0. The lowest BCUT2D eigenvalue weighted by molar-refractivity contribution is 0.960. The molecule has 0 nitrogen and oxygen atoms in total. The molecule has 0 spiro atoms. The molecule has 0 atom stereocenters. The molecule has 0 fully saturated rings. The molecule has 0 aliphatic rings. The monoisotopic (exact) mass is 1160 g/mol. The number of halogens is 26. The van der Waals surface area contributed by atoms with Crippen LogP contribution in [-0.4, -0.2) is 76.1 Å². The van der Waals surface area contributed by atoms with E-state index in [1.165, 1.54) is 0 Å². The lowest BCUT2D eigenvalue weighted by atomic mass is 10.5. The van der Waals surface area contributed by atoms with Crippen molar-refractivity contribution < 1.29 is 0 Å². The van der Waals surface area contributed by atoms with Gasteiger partial charge in [0.25, 0.3) is 0 Å². The quantitative estimate of drug-likeness (QED) is 0.191. The highest BCUT2D eigenvalue weighted by Crippen LogP contribution is 2.32. The molecule has 0 rings (SSSR count). The van der Waals surface area contributed by atoms with Gasteiger partial charge in [-0.3, -0.25) is 0 Å². The fourth-order valence-electron chi connectivity index (χ4n) is 0.221. The molecule has 0 aliphatic heterocycles. The Morgan fingerprint density at radius 3 is 0.756 bits per heavy atom. The molecule has 26 heteroatoms. The van der Waals surface area contributed by atoms with E-state index in [0.717, 1.165) is 0 Å². The molecule has 0 bridgehead atoms. The SMILES string of the molecule is C.C=C(Cl)CCl.ClCC(Cl)(Cl)C(Cl)Cl.ClCC(Cl)(Cl)CCl.ClCC(Cl)(Cl)CCl.ClCC(Cl)=C(Cl)Cl.ClCC(Cl)CCl.ClCl.ClCl. The van der Waals surface area contributed by atoms with Crippen LogP contribution in [0, 0.1) is 0 Å². The lowest BCUT2D eigenvalue weighted by Crippen LogP contribution is -2.23. The summed E-state index contributed by atoms with van der Waals surface area (Å²) < 4.78 is -3.06. The first-order valence-corrected chi connectivity index (χ1v) is 21.6. The maximum Gasteiger partial charge on any atom is 0.161 e. The van der Waals surface area contributed by atoms with Crippen molar-refractivity contribution >= 4 is 299 Å². The van der Waals surface area contributed by atoms with E-state index in [9.17, 15) is 0 Å². The number of hydrogen-bond donors (Lipinski definition) is 0. The van der Waals surface area contributed by atoms with Crippen LogP contribution in [0.3, 0.4) is 0 Å². The average Bonchev–Trinajstić information content (AvgIpc) is 3.03. The molecular weight excluding hydrogens is 1150 g/mol. The van der Waals surface area contributed by atoms with Crippen LogP contribution < -0.4 is 0 Å². The smallest absolute Gasteiger partial charge is 0.125 e. The predicted octanol–water partition coefficient (Wildman–Crippen LogP) is 19.0. The van der Waals surface area contributed by atoms with Crippen molar-refractivity contribution in [2.75, 3.05) is 52.9 Å². The van der Waals surface area contributed by atoms with Crippen molar-refractivity contribution in [3.05, 3.63) is 21.1 Å². The highest BCUT2D eigenvalue weighted by Gasteiger charge is 2.30. The standard InChI is InChI=1S/C3H3Cl5.2C3H4Cl4.C3H2Cl4.C3H5Cl3.C3H4Cl2.CH4.2Cl2/c4-1-3(7,8)2(5)6;2*4-1-3(6,7)2-5;4-1-2(5)3(6)7;4-1-3(6)2-5;1-3(5)2-4;;2*1-2/h2H,1H2;2*1-2H2;1H2;3H,1-2H2;1-2H2;1H4;;. The van der Waals surface area contributed by atoms with E-state index in [1.807, 2.05) is 0 Å². The van der Waals surface area contributed by atoms with Gasteiger partial charge in [0.2, 0.25) is 0 Å². The molecular formula is C19H26Cl26. The molecule has 0 N–H and O–H groups in total. The van der Waals surface area contributed by atoms with Gasteiger partial charge in [0.05, 0.1) is 51.6 Å². The first kappa shape index (κ1) is 73.2. The van der Waals surface area contributed by atoms with Crippen LogP contribution in [0.1, 0.15) is 7.43 Å². The van der Waals surface area contributed by atoms with Crippen molar-refractivity contribution in [2.45, 2.75) is 30.6 Å². The second kappa shape index (κ2) is 53.1. The zero-order valence-electron chi connectivity index (χ0n) is 21.1. The zero-order chi connectivity index (χ0) is 37.8. The average molecular weight is 1180 g/mol. The summed E-state index contributed by atoms with van der Waals surface area (Å²) in [5.74, 6) is 2.08. The Labute approximate surface area is 397 Å². The number of allylic oxidation sites excluding steroid dienone is 2. The van der Waals surface area contributed by atoms with Gasteiger partial charge in [-0.15, -0.1) is 139 Å². The molecule has 0 saturated heterocycles. The molecule has 0 aliphatic carbocycles. The minimum Gasteiger partial charge on any atom is -0.125 e. The second-order valence-corrected chi connectivity index (χ2v) is 16.8. The third kappa shape index (κ3) is 76.5. The fourth-order valence-corrected chi connectivity index (χ4v) is 1.99. The second-order valence-electron chi connectivity index (χ2n) is 5.80. The maximum atomic E-state index is 5.43. The van der Waals surface area contributed by atoms with Crippen molar-refractivity contribution in [2.24, 2.45) is 0 Å². The van der Waals surface area contributed by atoms with E-state index in [-0.39, 0.29) is 57.6 Å². The van der Waals surface area contributed by atoms with Crippen LogP contribution in [0.15, 0.2) is 21.1 Å². The molecule has 0 saturated carbocycles. The van der Waals surface area contributed by atoms with Crippen LogP contribution in [0.2, 0.25) is 0 Å². The molecule has 0 unspecified atom stereocenters. The number of hydrogen-bond acceptors (Lipinski definition) is 0. The summed E-state index contributed by atoms with van der Waals surface area (Å²) in [6.45, 7) is 3.31. The van der Waals surface area contributed by atoms with E-state index in [2.05, 4.69) is 50.0 Å². The summed E-state index contributed by atoms with van der Waals surface area (Å²) >= 11 is 116. The predicted molar refractivity (Wildman–Crippen MR) is 235 cm³/mol. The largest absolute Gasteiger partial charge is 0.161 e. The first-order valence-electron chi connectivity index (χ1n) is 9.42. The normalized spacial score (nSPS) is 9.78. The summed E-state index contributed by atoms with van der Waals surface area (Å²) in [5, 5.41) is 0.713. The lowest BCUT2D eigenvalue weighted by Gasteiger charge is -2.15. The first-order chi connectivity index (χ1) is 20.0. The van der Waals surface area contributed by atoms with Gasteiger partial charge in [-0.25, -0.2) is 0 Å². The molecule has 0 aromatic rings. The number of rotatable bonds is 10. The summed E-state index contributed by atoms with van der Waals surface area (Å²) in [7, 11) is 16.4. The van der Waals surface area contributed by atoms with Gasteiger partial charge in [0.15, 0.2) is 4.33 Å². The van der Waals surface area contributed by atoms with Crippen LogP contribution in [0.4, 0.5) is 0 Å². The summed E-state index contributed by atoms with van der Waals surface area (Å²) in [4.78, 5) is -0.844. The van der Waals surface area contributed by atoms with E-state index >= 15 is 0 Å². The molecule has 0 aromatic heterocycles. The van der Waals surface area contributed by atoms with E-state index in [0.29, 0.717) is 22.7 Å². The van der Waals surface area contributed by atoms with E-state index in [1.54, 1.807) is 0 Å². The van der Waals surface area contributed by atoms with Gasteiger partial charge < -0.3 is 0 Å². The molecule has 284 valence electrons. The van der Waals surface area contributed by atoms with Crippen LogP contribution in [0.25, 0.3) is 0 Å². The molecule has 45 heavy (non-hydrogen) atoms. The van der Waals surface area contributed by atoms with Gasteiger partial charge in [-0.05, 0) is 0 Å². The third-order valence-corrected chi connectivity index (χ3v) is 12.0. The Morgan fingerprint density at radius 2 is 0.756 bits per heavy atom. The molecule has 0 radical (unpaired) electrons. The molecule has 0 heterocycles. The van der Waals surface area contributed by atoms with Crippen LogP contribution in [-0.2, 0) is 0 Å². The van der Waals surface area contributed by atoms with Crippen molar-refractivity contribution in [3.63, 3.8) is 0 Å². The summed E-state index contributed by atoms with van der Waals surface area (Å²) in [6, 6.07) is 0. The molecule has 0 amide bonds. The van der Waals surface area contributed by atoms with Crippen molar-refractivity contribution in [3.8, 4) is 0 Å². The highest BCUT2D eigenvalue weighted by atomic mass is 36.5. The van der Waals surface area contributed by atoms with Gasteiger partial charge in [-0.2, -0.15) is 0 Å². The molecule has 0 aromatic carbocycles. The number of alkyl halides is 18. The Balaban J connectivity index is -0.0000000482. The van der Waals surface area contributed by atoms with Gasteiger partial charge in [0, 0.05) is 60.2 Å².